The van der Waals surface area contributed by atoms with Crippen molar-refractivity contribution in [2.75, 3.05) is 44.3 Å². The summed E-state index contributed by atoms with van der Waals surface area (Å²) in [7, 11) is -3.98. The summed E-state index contributed by atoms with van der Waals surface area (Å²) in [6.45, 7) is 5.85. The van der Waals surface area contributed by atoms with Gasteiger partial charge in [-0.15, -0.1) is 0 Å². The molecule has 3 aliphatic heterocycles. The van der Waals surface area contributed by atoms with Crippen LogP contribution in [0.15, 0.2) is 48.6 Å². The molecule has 2 aromatic rings. The fourth-order valence-corrected chi connectivity index (χ4v) is 9.72. The Kier molecular flexibility index (Phi) is 9.49. The number of nitrogens with zero attached hydrogens (tertiary/aromatic N) is 2. The van der Waals surface area contributed by atoms with Gasteiger partial charge in [-0.05, 0) is 105 Å². The van der Waals surface area contributed by atoms with E-state index in [4.69, 9.17) is 21.1 Å². The maximum Gasteiger partial charge on any atom is 0.264 e. The second-order valence-electron chi connectivity index (χ2n) is 14.8. The highest BCUT2D eigenvalue weighted by Crippen LogP contribution is 2.47. The molecule has 2 bridgehead atoms. The molecule has 2 fully saturated rings. The van der Waals surface area contributed by atoms with Gasteiger partial charge in [0.1, 0.15) is 12.4 Å². The van der Waals surface area contributed by atoms with E-state index in [1.807, 2.05) is 25.1 Å². The fourth-order valence-electron chi connectivity index (χ4n) is 8.24. The van der Waals surface area contributed by atoms with E-state index in [1.165, 1.54) is 11.1 Å². The van der Waals surface area contributed by atoms with Crippen LogP contribution in [-0.2, 0) is 31.4 Å². The Hall–Kier alpha value is -3.12. The van der Waals surface area contributed by atoms with Crippen molar-refractivity contribution in [1.82, 2.24) is 9.62 Å². The van der Waals surface area contributed by atoms with Gasteiger partial charge in [-0.25, -0.2) is 13.1 Å². The Morgan fingerprint density at radius 1 is 1.14 bits per heavy atom. The topological polar surface area (TPSA) is 125 Å². The number of hydrogen-bond acceptors (Lipinski definition) is 8. The number of carbonyl (C=O) groups excluding carboxylic acids is 2. The molecule has 3 heterocycles. The largest absolute Gasteiger partial charge is 0.490 e. The summed E-state index contributed by atoms with van der Waals surface area (Å²) in [4.78, 5) is 30.3. The van der Waals surface area contributed by atoms with Crippen LogP contribution in [-0.4, -0.2) is 87.1 Å². The van der Waals surface area contributed by atoms with Crippen molar-refractivity contribution in [2.45, 2.75) is 75.2 Å². The van der Waals surface area contributed by atoms with Gasteiger partial charge in [-0.2, -0.15) is 0 Å². The van der Waals surface area contributed by atoms with Crippen molar-refractivity contribution in [3.05, 3.63) is 70.3 Å². The number of allylic oxidation sites excluding steroid dienone is 1. The van der Waals surface area contributed by atoms with Crippen LogP contribution in [0.3, 0.4) is 0 Å². The summed E-state index contributed by atoms with van der Waals surface area (Å²) in [6, 6.07) is 11.3. The van der Waals surface area contributed by atoms with Crippen LogP contribution in [0.5, 0.6) is 5.75 Å². The minimum atomic E-state index is -3.98. The molecule has 0 unspecified atom stereocenters. The second-order valence-corrected chi connectivity index (χ2v) is 17.3. The number of fused-ring (bicyclic) bond motifs is 4. The first-order valence-electron chi connectivity index (χ1n) is 17.5. The number of β-amino-alcohol motifs (C(OH)–C–C–N with tert-alkyl or cyclic N) is 1. The standard InChI is InChI=1S/C37H46ClN3O7S/c1-23-5-3-7-33(47-20-35(43)40-18-29(42)19-40)30-11-8-27(30)17-41-21-37(14-4-6-25-15-28(38)10-12-31(25)37)22-48-34-13-9-26(16-32(34)41)36(44)39-49(45,46)24(23)2/h3,7,9-10,12-13,15-16,23-24,27,29-30,33,42H,4-6,8,11,14,17-22H2,1-2H3,(H,39,44)/b7-3-/t23-,24+,27-,30+,33-,37-/m0/s1. The van der Waals surface area contributed by atoms with Gasteiger partial charge < -0.3 is 24.4 Å². The zero-order valence-electron chi connectivity index (χ0n) is 28.1. The van der Waals surface area contributed by atoms with E-state index in [2.05, 4.69) is 21.8 Å². The summed E-state index contributed by atoms with van der Waals surface area (Å²) >= 11 is 6.43. The molecule has 12 heteroatoms. The number of aliphatic hydroxyl groups excluding tert-OH is 1. The first kappa shape index (κ1) is 34.3. The SMILES string of the molecule is C[C@@H]1[C@@H](C)C/C=C\[C@H](OCC(=O)N2CC(O)C2)[C@@H]2CC[C@H]2CN2C[C@@]3(CCCc4cc(Cl)ccc43)COc3ccc(cc32)C(=O)NS1(=O)=O. The van der Waals surface area contributed by atoms with Crippen LogP contribution < -0.4 is 14.4 Å². The summed E-state index contributed by atoms with van der Waals surface area (Å²) in [5.74, 6) is -0.0368. The lowest BCUT2D eigenvalue weighted by atomic mass is 9.68. The third-order valence-electron chi connectivity index (χ3n) is 11.6. The molecule has 6 atom stereocenters. The molecule has 1 spiro atoms. The molecule has 7 rings (SSSR count). The number of likely N-dealkylation sites (tertiary alicyclic amines) is 1. The maximum atomic E-state index is 13.5. The molecule has 2 amide bonds. The van der Waals surface area contributed by atoms with Crippen molar-refractivity contribution < 1.29 is 32.6 Å². The number of halogens is 1. The van der Waals surface area contributed by atoms with Gasteiger partial charge >= 0.3 is 0 Å². The number of rotatable bonds is 3. The zero-order valence-corrected chi connectivity index (χ0v) is 29.7. The molecule has 0 aromatic heterocycles. The van der Waals surface area contributed by atoms with Gasteiger partial charge in [0, 0.05) is 42.2 Å². The monoisotopic (exact) mass is 711 g/mol. The predicted octanol–water partition coefficient (Wildman–Crippen LogP) is 4.47. The number of aryl methyl sites for hydroxylation is 1. The number of nitrogens with one attached hydrogen (secondary N) is 1. The molecule has 1 saturated carbocycles. The van der Waals surface area contributed by atoms with Gasteiger partial charge in [0.15, 0.2) is 0 Å². The maximum absolute atomic E-state index is 13.5. The third-order valence-corrected chi connectivity index (χ3v) is 13.8. The fraction of sp³-hybridized carbons (Fsp3) is 0.568. The van der Waals surface area contributed by atoms with Crippen LogP contribution >= 0.6 is 11.6 Å². The molecular formula is C37H46ClN3O7S. The summed E-state index contributed by atoms with van der Waals surface area (Å²) in [5.41, 5.74) is 3.19. The molecule has 10 nitrogen and oxygen atoms in total. The van der Waals surface area contributed by atoms with E-state index in [-0.39, 0.29) is 47.4 Å². The smallest absolute Gasteiger partial charge is 0.264 e. The predicted molar refractivity (Wildman–Crippen MR) is 188 cm³/mol. The lowest BCUT2D eigenvalue weighted by molar-refractivity contribution is -0.149. The summed E-state index contributed by atoms with van der Waals surface area (Å²) in [5, 5.41) is 9.58. The van der Waals surface area contributed by atoms with Crippen LogP contribution in [0.1, 0.15) is 67.4 Å². The van der Waals surface area contributed by atoms with Crippen molar-refractivity contribution in [2.24, 2.45) is 17.8 Å². The van der Waals surface area contributed by atoms with Crippen LogP contribution in [0.4, 0.5) is 5.69 Å². The normalized spacial score (nSPS) is 32.0. The second kappa shape index (κ2) is 13.5. The molecule has 2 aromatic carbocycles. The third kappa shape index (κ3) is 6.83. The Morgan fingerprint density at radius 2 is 1.96 bits per heavy atom. The first-order valence-corrected chi connectivity index (χ1v) is 19.5. The van der Waals surface area contributed by atoms with E-state index in [0.29, 0.717) is 50.0 Å². The first-order chi connectivity index (χ1) is 23.4. The highest BCUT2D eigenvalue weighted by Gasteiger charge is 2.45. The van der Waals surface area contributed by atoms with Gasteiger partial charge in [0.2, 0.25) is 15.9 Å². The van der Waals surface area contributed by atoms with Crippen LogP contribution in [0.2, 0.25) is 5.02 Å². The van der Waals surface area contributed by atoms with Gasteiger partial charge in [0.05, 0.1) is 29.8 Å². The molecule has 2 aliphatic carbocycles. The Balaban J connectivity index is 1.25. The molecule has 5 aliphatic rings. The van der Waals surface area contributed by atoms with E-state index < -0.39 is 27.3 Å². The average Bonchev–Trinajstić information content (AvgIpc) is 3.19. The van der Waals surface area contributed by atoms with Crippen LogP contribution in [0, 0.1) is 17.8 Å². The summed E-state index contributed by atoms with van der Waals surface area (Å²) in [6.07, 6.45) is 8.41. The molecule has 0 radical (unpaired) electrons. The lowest BCUT2D eigenvalue weighted by Gasteiger charge is -2.46. The zero-order chi connectivity index (χ0) is 34.5. The Labute approximate surface area is 293 Å². The highest BCUT2D eigenvalue weighted by molar-refractivity contribution is 7.90. The summed E-state index contributed by atoms with van der Waals surface area (Å²) < 4.78 is 42.0. The van der Waals surface area contributed by atoms with E-state index in [1.54, 1.807) is 30.0 Å². The van der Waals surface area contributed by atoms with Crippen molar-refractivity contribution in [3.63, 3.8) is 0 Å². The lowest BCUT2D eigenvalue weighted by Crippen LogP contribution is -2.55. The molecule has 49 heavy (non-hydrogen) atoms. The average molecular weight is 712 g/mol. The number of benzene rings is 2. The number of hydrogen-bond donors (Lipinski definition) is 2. The molecule has 264 valence electrons. The number of amides is 2. The minimum absolute atomic E-state index is 0.0798. The number of sulfonamides is 1. The highest BCUT2D eigenvalue weighted by atomic mass is 35.5. The van der Waals surface area contributed by atoms with Crippen molar-refractivity contribution in [1.29, 1.82) is 0 Å². The van der Waals surface area contributed by atoms with Gasteiger partial charge in [0.25, 0.3) is 5.91 Å². The van der Waals surface area contributed by atoms with Crippen molar-refractivity contribution >= 4 is 39.1 Å². The van der Waals surface area contributed by atoms with Gasteiger partial charge in [-0.3, -0.25) is 9.59 Å². The van der Waals surface area contributed by atoms with E-state index in [9.17, 15) is 23.1 Å². The minimum Gasteiger partial charge on any atom is -0.490 e. The number of carbonyl (C=O) groups is 2. The molecule has 1 saturated heterocycles. The van der Waals surface area contributed by atoms with Gasteiger partial charge in [-0.1, -0.05) is 36.7 Å². The van der Waals surface area contributed by atoms with Crippen molar-refractivity contribution in [3.8, 4) is 5.75 Å². The number of anilines is 1. The number of aliphatic hydroxyl groups is 1. The Bertz CT molecular complexity index is 1740. The molecular weight excluding hydrogens is 666 g/mol. The van der Waals surface area contributed by atoms with E-state index in [0.717, 1.165) is 37.8 Å². The quantitative estimate of drug-likeness (QED) is 0.447. The number of ether oxygens (including phenoxy) is 2. The molecule has 2 N–H and O–H groups in total. The Morgan fingerprint density at radius 3 is 2.71 bits per heavy atom. The van der Waals surface area contributed by atoms with Crippen LogP contribution in [0.25, 0.3) is 0 Å². The van der Waals surface area contributed by atoms with E-state index >= 15 is 0 Å².